The molecular formula is C19H23N3O. The average Bonchev–Trinajstić information content (AvgIpc) is 2.55. The number of hydrogen-bond donors (Lipinski definition) is 1. The number of nitrogens with one attached hydrogen (secondary N) is 1. The lowest BCUT2D eigenvalue weighted by molar-refractivity contribution is -0.111. The zero-order chi connectivity index (χ0) is 16.2. The van der Waals surface area contributed by atoms with Gasteiger partial charge in [0.15, 0.2) is 0 Å². The van der Waals surface area contributed by atoms with Crippen LogP contribution in [0.4, 0.5) is 11.4 Å². The Morgan fingerprint density at radius 1 is 1.13 bits per heavy atom. The molecule has 1 saturated heterocycles. The maximum absolute atomic E-state index is 12.0. The Balaban J connectivity index is 1.98. The molecule has 0 unspecified atom stereocenters. The Labute approximate surface area is 137 Å². The van der Waals surface area contributed by atoms with Gasteiger partial charge < -0.3 is 10.2 Å². The topological polar surface area (TPSA) is 45.2 Å². The molecule has 1 amide bonds. The van der Waals surface area contributed by atoms with Crippen molar-refractivity contribution < 1.29 is 4.79 Å². The molecule has 1 aliphatic rings. The van der Waals surface area contributed by atoms with E-state index in [1.165, 1.54) is 24.9 Å². The zero-order valence-corrected chi connectivity index (χ0v) is 13.8. The minimum Gasteiger partial charge on any atom is -0.371 e. The summed E-state index contributed by atoms with van der Waals surface area (Å²) in [5, 5.41) is 5.11. The molecule has 0 atom stereocenters. The van der Waals surface area contributed by atoms with Crippen molar-refractivity contribution in [2.24, 2.45) is 0 Å². The number of allylic oxidation sites excluding steroid dienone is 1. The molecule has 4 heteroatoms. The average molecular weight is 309 g/mol. The molecule has 1 N–H and O–H groups in total. The molecule has 0 aliphatic carbocycles. The van der Waals surface area contributed by atoms with Gasteiger partial charge in [0, 0.05) is 48.0 Å². The number of carbonyl (C=O) groups excluding carboxylic acids is 1. The highest BCUT2D eigenvalue weighted by atomic mass is 16.1. The summed E-state index contributed by atoms with van der Waals surface area (Å²) in [5.41, 5.74) is 3.04. The molecule has 0 saturated carbocycles. The van der Waals surface area contributed by atoms with Crippen LogP contribution in [0.2, 0.25) is 0 Å². The minimum atomic E-state index is -0.0964. The normalized spacial score (nSPS) is 14.6. The lowest BCUT2D eigenvalue weighted by atomic mass is 10.1. The van der Waals surface area contributed by atoms with E-state index in [1.54, 1.807) is 6.08 Å². The van der Waals surface area contributed by atoms with Crippen LogP contribution in [-0.4, -0.2) is 24.0 Å². The summed E-state index contributed by atoms with van der Waals surface area (Å²) in [6.45, 7) is 6.03. The van der Waals surface area contributed by atoms with Crippen molar-refractivity contribution in [3.8, 4) is 0 Å². The van der Waals surface area contributed by atoms with Crippen LogP contribution in [-0.2, 0) is 4.79 Å². The fraction of sp³-hybridized carbons (Fsp3) is 0.368. The molecule has 23 heavy (non-hydrogen) atoms. The van der Waals surface area contributed by atoms with E-state index in [1.807, 2.05) is 38.4 Å². The highest BCUT2D eigenvalue weighted by Gasteiger charge is 2.15. The third kappa shape index (κ3) is 3.52. The maximum atomic E-state index is 12.0. The number of piperidine rings is 1. The lowest BCUT2D eigenvalue weighted by Crippen LogP contribution is -2.29. The largest absolute Gasteiger partial charge is 0.371 e. The number of carbonyl (C=O) groups is 1. The molecule has 2 aromatic rings. The van der Waals surface area contributed by atoms with E-state index in [-0.39, 0.29) is 5.91 Å². The standard InChI is InChI=1S/C19H23N3O/c1-14(2)12-19(23)21-17-6-7-18(22-10-4-3-5-11-22)15-8-9-20-13-16(15)17/h6-9,12-13H,3-5,10-11H2,1-2H3,(H,21,23). The van der Waals surface area contributed by atoms with Crippen molar-refractivity contribution in [1.82, 2.24) is 4.98 Å². The third-order valence-electron chi connectivity index (χ3n) is 4.17. The van der Waals surface area contributed by atoms with E-state index < -0.39 is 0 Å². The summed E-state index contributed by atoms with van der Waals surface area (Å²) in [6, 6.07) is 6.15. The first kappa shape index (κ1) is 15.5. The van der Waals surface area contributed by atoms with E-state index in [4.69, 9.17) is 0 Å². The molecule has 4 nitrogen and oxygen atoms in total. The highest BCUT2D eigenvalue weighted by molar-refractivity contribution is 6.09. The highest BCUT2D eigenvalue weighted by Crippen LogP contribution is 2.33. The molecule has 0 radical (unpaired) electrons. The van der Waals surface area contributed by atoms with Gasteiger partial charge in [-0.2, -0.15) is 0 Å². The van der Waals surface area contributed by atoms with E-state index in [0.29, 0.717) is 0 Å². The Hall–Kier alpha value is -2.36. The fourth-order valence-corrected chi connectivity index (χ4v) is 3.12. The Bertz CT molecular complexity index is 741. The van der Waals surface area contributed by atoms with Crippen LogP contribution >= 0.6 is 0 Å². The van der Waals surface area contributed by atoms with E-state index >= 15 is 0 Å². The van der Waals surface area contributed by atoms with E-state index in [9.17, 15) is 4.79 Å². The molecule has 1 aliphatic heterocycles. The predicted molar refractivity (Wildman–Crippen MR) is 95.9 cm³/mol. The smallest absolute Gasteiger partial charge is 0.248 e. The Morgan fingerprint density at radius 3 is 2.65 bits per heavy atom. The van der Waals surface area contributed by atoms with Gasteiger partial charge >= 0.3 is 0 Å². The predicted octanol–water partition coefficient (Wildman–Crippen LogP) is 4.13. The molecule has 1 aromatic heterocycles. The van der Waals surface area contributed by atoms with Gasteiger partial charge in [-0.3, -0.25) is 9.78 Å². The van der Waals surface area contributed by atoms with Crippen LogP contribution in [0, 0.1) is 0 Å². The SMILES string of the molecule is CC(C)=CC(=O)Nc1ccc(N2CCCCC2)c2ccncc12. The number of anilines is 2. The van der Waals surface area contributed by atoms with E-state index in [2.05, 4.69) is 21.3 Å². The maximum Gasteiger partial charge on any atom is 0.248 e. The number of fused-ring (bicyclic) bond motifs is 1. The number of rotatable bonds is 3. The van der Waals surface area contributed by atoms with E-state index in [0.717, 1.165) is 35.1 Å². The quantitative estimate of drug-likeness (QED) is 0.867. The van der Waals surface area contributed by atoms with Crippen molar-refractivity contribution in [2.75, 3.05) is 23.3 Å². The molecule has 0 spiro atoms. The molecule has 1 fully saturated rings. The molecule has 120 valence electrons. The van der Waals surface area contributed by atoms with Crippen LogP contribution in [0.3, 0.4) is 0 Å². The number of amides is 1. The van der Waals surface area contributed by atoms with Gasteiger partial charge in [0.2, 0.25) is 5.91 Å². The van der Waals surface area contributed by atoms with Gasteiger partial charge in [0.1, 0.15) is 0 Å². The summed E-state index contributed by atoms with van der Waals surface area (Å²) in [7, 11) is 0. The molecule has 0 bridgehead atoms. The van der Waals surface area contributed by atoms with Gasteiger partial charge in [-0.15, -0.1) is 0 Å². The fourth-order valence-electron chi connectivity index (χ4n) is 3.12. The number of benzene rings is 1. The van der Waals surface area contributed by atoms with Gasteiger partial charge in [0.05, 0.1) is 5.69 Å². The second-order valence-corrected chi connectivity index (χ2v) is 6.31. The Morgan fingerprint density at radius 2 is 1.91 bits per heavy atom. The molecule has 2 heterocycles. The number of nitrogens with zero attached hydrogens (tertiary/aromatic N) is 2. The first-order valence-electron chi connectivity index (χ1n) is 8.23. The van der Waals surface area contributed by atoms with Crippen LogP contribution in [0.25, 0.3) is 10.8 Å². The van der Waals surface area contributed by atoms with Crippen LogP contribution < -0.4 is 10.2 Å². The van der Waals surface area contributed by atoms with Gasteiger partial charge in [-0.1, -0.05) is 5.57 Å². The van der Waals surface area contributed by atoms with Gasteiger partial charge in [-0.25, -0.2) is 0 Å². The van der Waals surface area contributed by atoms with Crippen molar-refractivity contribution >= 4 is 28.1 Å². The van der Waals surface area contributed by atoms with Crippen molar-refractivity contribution in [1.29, 1.82) is 0 Å². The summed E-state index contributed by atoms with van der Waals surface area (Å²) in [4.78, 5) is 18.7. The summed E-state index contributed by atoms with van der Waals surface area (Å²) in [6.07, 6.45) is 9.06. The first-order chi connectivity index (χ1) is 11.1. The molecular weight excluding hydrogens is 286 g/mol. The van der Waals surface area contributed by atoms with Gasteiger partial charge in [-0.05, 0) is 51.3 Å². The van der Waals surface area contributed by atoms with Gasteiger partial charge in [0.25, 0.3) is 0 Å². The second kappa shape index (κ2) is 6.82. The summed E-state index contributed by atoms with van der Waals surface area (Å²) in [5.74, 6) is -0.0964. The van der Waals surface area contributed by atoms with Crippen LogP contribution in [0.1, 0.15) is 33.1 Å². The number of hydrogen-bond acceptors (Lipinski definition) is 3. The summed E-state index contributed by atoms with van der Waals surface area (Å²) >= 11 is 0. The van der Waals surface area contributed by atoms with Crippen LogP contribution in [0.15, 0.2) is 42.2 Å². The van der Waals surface area contributed by atoms with Crippen molar-refractivity contribution in [3.05, 3.63) is 42.2 Å². The minimum absolute atomic E-state index is 0.0964. The van der Waals surface area contributed by atoms with Crippen molar-refractivity contribution in [2.45, 2.75) is 33.1 Å². The monoisotopic (exact) mass is 309 g/mol. The summed E-state index contributed by atoms with van der Waals surface area (Å²) < 4.78 is 0. The Kier molecular flexibility index (Phi) is 4.60. The molecule has 1 aromatic carbocycles. The van der Waals surface area contributed by atoms with Crippen LogP contribution in [0.5, 0.6) is 0 Å². The third-order valence-corrected chi connectivity index (χ3v) is 4.17. The number of pyridine rings is 1. The number of aromatic nitrogens is 1. The zero-order valence-electron chi connectivity index (χ0n) is 13.8. The second-order valence-electron chi connectivity index (χ2n) is 6.31. The van der Waals surface area contributed by atoms with Crippen molar-refractivity contribution in [3.63, 3.8) is 0 Å². The first-order valence-corrected chi connectivity index (χ1v) is 8.23. The lowest BCUT2D eigenvalue weighted by Gasteiger charge is -2.30. The molecule has 3 rings (SSSR count).